The molecule has 0 amide bonds. The monoisotopic (exact) mass is 326 g/mol. The molecule has 126 valence electrons. The van der Waals surface area contributed by atoms with Crippen molar-refractivity contribution in [1.82, 2.24) is 0 Å². The first-order valence-corrected chi connectivity index (χ1v) is 7.70. The highest BCUT2D eigenvalue weighted by Gasteiger charge is 2.28. The van der Waals surface area contributed by atoms with Gasteiger partial charge in [0, 0.05) is 11.1 Å². The number of methoxy groups -OCH3 is 2. The zero-order valence-electron chi connectivity index (χ0n) is 14.9. The lowest BCUT2D eigenvalue weighted by atomic mass is 9.82. The van der Waals surface area contributed by atoms with Crippen molar-refractivity contribution in [2.45, 2.75) is 27.7 Å². The second-order valence-electron chi connectivity index (χ2n) is 5.88. The van der Waals surface area contributed by atoms with Gasteiger partial charge in [0.25, 0.3) is 0 Å². The Morgan fingerprint density at radius 3 is 1.33 bits per heavy atom. The van der Waals surface area contributed by atoms with E-state index >= 15 is 0 Å². The topological polar surface area (TPSA) is 52.6 Å². The molecule has 0 aromatic heterocycles. The molecule has 0 saturated carbocycles. The molecule has 0 saturated heterocycles. The van der Waals surface area contributed by atoms with Crippen LogP contribution in [0.2, 0.25) is 0 Å². The Bertz CT molecular complexity index is 740. The van der Waals surface area contributed by atoms with E-state index in [1.54, 1.807) is 0 Å². The molecule has 0 spiro atoms. The van der Waals surface area contributed by atoms with Crippen LogP contribution in [0.25, 0.3) is 11.1 Å². The van der Waals surface area contributed by atoms with Gasteiger partial charge in [-0.1, -0.05) is 24.3 Å². The summed E-state index contributed by atoms with van der Waals surface area (Å²) in [6.45, 7) is 7.57. The number of hydrogen-bond acceptors (Lipinski definition) is 4. The van der Waals surface area contributed by atoms with Gasteiger partial charge in [-0.2, -0.15) is 0 Å². The predicted molar refractivity (Wildman–Crippen MR) is 94.3 cm³/mol. The standard InChI is InChI=1S/C20H22O4/c1-11-7-8-12(2)16-15(11)17(19(21)23-5)13(3)9-10-14(4)18(16)20(22)24-6/h7-10H,1-6H3/b10-9-,13-9?,14-10?,17-13+,17-15?,18-14+,18-16?. The van der Waals surface area contributed by atoms with Gasteiger partial charge < -0.3 is 9.47 Å². The smallest absolute Gasteiger partial charge is 0.338 e. The van der Waals surface area contributed by atoms with E-state index < -0.39 is 11.9 Å². The summed E-state index contributed by atoms with van der Waals surface area (Å²) in [5, 5.41) is 0. The molecule has 0 radical (unpaired) electrons. The van der Waals surface area contributed by atoms with Crippen molar-refractivity contribution in [1.29, 1.82) is 0 Å². The Morgan fingerprint density at radius 2 is 1.04 bits per heavy atom. The summed E-state index contributed by atoms with van der Waals surface area (Å²) < 4.78 is 9.99. The minimum Gasteiger partial charge on any atom is -0.465 e. The Kier molecular flexibility index (Phi) is 5.07. The quantitative estimate of drug-likeness (QED) is 0.776. The maximum absolute atomic E-state index is 12.4. The molecule has 0 N–H and O–H groups in total. The van der Waals surface area contributed by atoms with Gasteiger partial charge in [-0.3, -0.25) is 0 Å². The summed E-state index contributed by atoms with van der Waals surface area (Å²) in [5.41, 5.74) is 5.78. The molecule has 4 nitrogen and oxygen atoms in total. The second-order valence-corrected chi connectivity index (χ2v) is 5.88. The number of aryl methyl sites for hydroxylation is 2. The van der Waals surface area contributed by atoms with Crippen LogP contribution in [0, 0.1) is 13.8 Å². The molecule has 0 atom stereocenters. The summed E-state index contributed by atoms with van der Waals surface area (Å²) in [6, 6.07) is 3.89. The third kappa shape index (κ3) is 2.92. The van der Waals surface area contributed by atoms with E-state index in [2.05, 4.69) is 0 Å². The Labute approximate surface area is 142 Å². The van der Waals surface area contributed by atoms with Crippen molar-refractivity contribution in [3.05, 3.63) is 57.7 Å². The van der Waals surface area contributed by atoms with E-state index in [0.29, 0.717) is 11.1 Å². The van der Waals surface area contributed by atoms with E-state index in [0.717, 1.165) is 33.4 Å². The molecular weight excluding hydrogens is 304 g/mol. The Balaban J connectivity index is 3.00. The van der Waals surface area contributed by atoms with E-state index in [1.165, 1.54) is 14.2 Å². The van der Waals surface area contributed by atoms with Gasteiger partial charge in [-0.25, -0.2) is 9.59 Å². The molecule has 1 aromatic carbocycles. The first-order chi connectivity index (χ1) is 11.3. The largest absolute Gasteiger partial charge is 0.465 e. The van der Waals surface area contributed by atoms with Crippen LogP contribution in [0.15, 0.2) is 35.4 Å². The number of hydrogen-bond donors (Lipinski definition) is 0. The molecule has 1 aliphatic carbocycles. The number of benzene rings is 1. The van der Waals surface area contributed by atoms with Gasteiger partial charge in [-0.05, 0) is 50.0 Å². The normalized spacial score (nSPS) is 21.4. The fourth-order valence-corrected chi connectivity index (χ4v) is 3.00. The lowest BCUT2D eigenvalue weighted by Gasteiger charge is -2.22. The summed E-state index contributed by atoms with van der Waals surface area (Å²) in [4.78, 5) is 24.9. The molecule has 1 aliphatic rings. The van der Waals surface area contributed by atoms with Crippen molar-refractivity contribution in [3.63, 3.8) is 0 Å². The summed E-state index contributed by atoms with van der Waals surface area (Å²) in [5.74, 6) is -0.841. The number of allylic oxidation sites excluding steroid dienone is 4. The molecule has 0 fully saturated rings. The second kappa shape index (κ2) is 6.87. The van der Waals surface area contributed by atoms with Gasteiger partial charge in [0.15, 0.2) is 0 Å². The van der Waals surface area contributed by atoms with Gasteiger partial charge in [0.2, 0.25) is 0 Å². The first-order valence-electron chi connectivity index (χ1n) is 7.70. The highest BCUT2D eigenvalue weighted by atomic mass is 16.5. The van der Waals surface area contributed by atoms with Gasteiger partial charge in [0.1, 0.15) is 0 Å². The van der Waals surface area contributed by atoms with Crippen LogP contribution in [0.1, 0.15) is 36.1 Å². The zero-order chi connectivity index (χ0) is 18.0. The van der Waals surface area contributed by atoms with Gasteiger partial charge >= 0.3 is 11.9 Å². The number of ether oxygens (including phenoxy) is 2. The summed E-state index contributed by atoms with van der Waals surface area (Å²) in [6.07, 6.45) is 3.66. The fourth-order valence-electron chi connectivity index (χ4n) is 3.00. The Morgan fingerprint density at radius 1 is 0.708 bits per heavy atom. The van der Waals surface area contributed by atoms with Crippen molar-refractivity contribution in [2.75, 3.05) is 14.2 Å². The maximum Gasteiger partial charge on any atom is 0.338 e. The molecule has 1 aromatic rings. The molecule has 4 heteroatoms. The maximum atomic E-state index is 12.4. The molecule has 2 rings (SSSR count). The van der Waals surface area contributed by atoms with Crippen LogP contribution < -0.4 is 0 Å². The van der Waals surface area contributed by atoms with E-state index in [4.69, 9.17) is 9.47 Å². The van der Waals surface area contributed by atoms with Gasteiger partial charge in [0.05, 0.1) is 25.4 Å². The summed E-state index contributed by atoms with van der Waals surface area (Å²) >= 11 is 0. The van der Waals surface area contributed by atoms with Crippen LogP contribution in [-0.4, -0.2) is 26.2 Å². The summed E-state index contributed by atoms with van der Waals surface area (Å²) in [7, 11) is 2.72. The molecule has 0 aliphatic heterocycles. The zero-order valence-corrected chi connectivity index (χ0v) is 14.9. The number of carbonyl (C=O) groups excluding carboxylic acids is 2. The lowest BCUT2D eigenvalue weighted by Crippen LogP contribution is -2.15. The van der Waals surface area contributed by atoms with E-state index in [-0.39, 0.29) is 0 Å². The number of fused-ring (bicyclic) bond motifs is 1. The van der Waals surface area contributed by atoms with Crippen molar-refractivity contribution in [2.24, 2.45) is 0 Å². The first kappa shape index (κ1) is 17.7. The average molecular weight is 326 g/mol. The van der Waals surface area contributed by atoms with E-state index in [1.807, 2.05) is 52.0 Å². The van der Waals surface area contributed by atoms with Crippen LogP contribution in [0.3, 0.4) is 0 Å². The highest BCUT2D eigenvalue weighted by Crippen LogP contribution is 2.37. The number of carbonyl (C=O) groups is 2. The number of esters is 2. The van der Waals surface area contributed by atoms with Crippen LogP contribution in [0.4, 0.5) is 0 Å². The highest BCUT2D eigenvalue weighted by molar-refractivity contribution is 6.25. The molecular formula is C20H22O4. The van der Waals surface area contributed by atoms with Crippen molar-refractivity contribution >= 4 is 23.1 Å². The van der Waals surface area contributed by atoms with E-state index in [9.17, 15) is 9.59 Å². The van der Waals surface area contributed by atoms with Gasteiger partial charge in [-0.15, -0.1) is 0 Å². The average Bonchev–Trinajstić information content (AvgIpc) is 2.56. The predicted octanol–water partition coefficient (Wildman–Crippen LogP) is 3.77. The molecule has 24 heavy (non-hydrogen) atoms. The molecule has 0 unspecified atom stereocenters. The Hall–Kier alpha value is -2.62. The molecule has 0 bridgehead atoms. The molecule has 0 heterocycles. The van der Waals surface area contributed by atoms with Crippen molar-refractivity contribution in [3.8, 4) is 0 Å². The van der Waals surface area contributed by atoms with Crippen LogP contribution >= 0.6 is 0 Å². The minimum absolute atomic E-state index is 0.420. The van der Waals surface area contributed by atoms with Crippen LogP contribution in [-0.2, 0) is 19.1 Å². The number of rotatable bonds is 2. The fraction of sp³-hybridized carbons (Fsp3) is 0.300. The lowest BCUT2D eigenvalue weighted by molar-refractivity contribution is -0.134. The third-order valence-electron chi connectivity index (χ3n) is 4.27. The minimum atomic E-state index is -0.420. The SMILES string of the molecule is COC(=O)/C1=C(C)/C=C\C(C)=C(\C(=O)OC)c2c(C)ccc(C)c21. The van der Waals surface area contributed by atoms with Crippen molar-refractivity contribution < 1.29 is 19.1 Å². The van der Waals surface area contributed by atoms with Crippen LogP contribution in [0.5, 0.6) is 0 Å². The third-order valence-corrected chi connectivity index (χ3v) is 4.27.